The first-order chi connectivity index (χ1) is 7.69. The van der Waals surface area contributed by atoms with Crippen LogP contribution in [-0.2, 0) is 4.79 Å². The third-order valence-electron chi connectivity index (χ3n) is 2.22. The van der Waals surface area contributed by atoms with E-state index in [-0.39, 0.29) is 5.97 Å². The molecule has 2 heteroatoms. The number of rotatable bonds is 3. The summed E-state index contributed by atoms with van der Waals surface area (Å²) in [5.41, 5.74) is 1.51. The van der Waals surface area contributed by atoms with E-state index in [9.17, 15) is 4.79 Å². The van der Waals surface area contributed by atoms with E-state index < -0.39 is 0 Å². The number of benzene rings is 1. The maximum Gasteiger partial charge on any atom is 0.338 e. The van der Waals surface area contributed by atoms with E-state index in [0.29, 0.717) is 11.3 Å². The number of para-hydroxylation sites is 1. The molecule has 0 N–H and O–H groups in total. The third-order valence-corrected chi connectivity index (χ3v) is 2.22. The summed E-state index contributed by atoms with van der Waals surface area (Å²) in [5.74, 6) is 0.284. The van der Waals surface area contributed by atoms with Crippen molar-refractivity contribution in [2.24, 2.45) is 0 Å². The lowest BCUT2D eigenvalue weighted by Gasteiger charge is -2.07. The zero-order valence-corrected chi connectivity index (χ0v) is 9.86. The molecule has 0 heterocycles. The van der Waals surface area contributed by atoms with Gasteiger partial charge >= 0.3 is 5.97 Å². The largest absolute Gasteiger partial charge is 0.423 e. The van der Waals surface area contributed by atoms with Crippen LogP contribution in [0.2, 0.25) is 0 Å². The first-order valence-corrected chi connectivity index (χ1v) is 5.26. The molecule has 0 saturated heterocycles. The van der Waals surface area contributed by atoms with Crippen molar-refractivity contribution in [2.75, 3.05) is 0 Å². The lowest BCUT2D eigenvalue weighted by atomic mass is 10.2. The molecule has 0 aromatic heterocycles. The normalized spacial score (nSPS) is 11.8. The van der Waals surface area contributed by atoms with Gasteiger partial charge in [-0.05, 0) is 26.8 Å². The van der Waals surface area contributed by atoms with E-state index in [1.54, 1.807) is 19.1 Å². The molecule has 0 bridgehead atoms. The number of carbonyl (C=O) groups excluding carboxylic acids is 1. The molecule has 0 aliphatic rings. The van der Waals surface area contributed by atoms with Crippen LogP contribution in [0, 0.1) is 0 Å². The fourth-order valence-electron chi connectivity index (χ4n) is 1.19. The highest BCUT2D eigenvalue weighted by Gasteiger charge is 2.08. The lowest BCUT2D eigenvalue weighted by molar-refractivity contribution is -0.130. The van der Waals surface area contributed by atoms with Crippen LogP contribution in [0.3, 0.4) is 0 Å². The van der Waals surface area contributed by atoms with E-state index in [4.69, 9.17) is 4.74 Å². The summed E-state index contributed by atoms with van der Waals surface area (Å²) in [6.45, 7) is 5.48. The van der Waals surface area contributed by atoms with Crippen LogP contribution in [0.5, 0.6) is 5.75 Å². The van der Waals surface area contributed by atoms with Gasteiger partial charge in [0.1, 0.15) is 5.75 Å². The number of ether oxygens (including phenoxy) is 1. The van der Waals surface area contributed by atoms with E-state index in [2.05, 4.69) is 0 Å². The third kappa shape index (κ3) is 3.09. The number of hydrogen-bond acceptors (Lipinski definition) is 2. The molecule has 0 amide bonds. The summed E-state index contributed by atoms with van der Waals surface area (Å²) in [6.07, 6.45) is 5.56. The molecular weight excluding hydrogens is 200 g/mol. The standard InChI is InChI=1S/C14H16O2/c1-4-8-12-9-6-7-10-13(12)16-14(15)11(3)5-2/h4-10H,1-3H3/b8-4+,11-5+. The highest BCUT2D eigenvalue weighted by molar-refractivity contribution is 5.89. The van der Waals surface area contributed by atoms with Gasteiger partial charge in [-0.15, -0.1) is 0 Å². The average Bonchev–Trinajstić information content (AvgIpc) is 2.31. The zero-order chi connectivity index (χ0) is 12.0. The van der Waals surface area contributed by atoms with Crippen molar-refractivity contribution in [3.8, 4) is 5.75 Å². The number of esters is 1. The average molecular weight is 216 g/mol. The van der Waals surface area contributed by atoms with Crippen molar-refractivity contribution in [1.82, 2.24) is 0 Å². The van der Waals surface area contributed by atoms with Gasteiger partial charge in [0.25, 0.3) is 0 Å². The van der Waals surface area contributed by atoms with Gasteiger partial charge in [-0.25, -0.2) is 4.79 Å². The predicted octanol–water partition coefficient (Wildman–Crippen LogP) is 3.59. The number of allylic oxidation sites excluding steroid dienone is 2. The quantitative estimate of drug-likeness (QED) is 0.438. The number of carbonyl (C=O) groups is 1. The van der Waals surface area contributed by atoms with Crippen LogP contribution >= 0.6 is 0 Å². The Hall–Kier alpha value is -1.83. The van der Waals surface area contributed by atoms with Crippen molar-refractivity contribution in [2.45, 2.75) is 20.8 Å². The maximum atomic E-state index is 11.6. The highest BCUT2D eigenvalue weighted by atomic mass is 16.5. The van der Waals surface area contributed by atoms with Crippen molar-refractivity contribution in [3.63, 3.8) is 0 Å². The Morgan fingerprint density at radius 3 is 2.56 bits per heavy atom. The summed E-state index contributed by atoms with van der Waals surface area (Å²) in [6, 6.07) is 7.46. The van der Waals surface area contributed by atoms with Gasteiger partial charge in [0, 0.05) is 11.1 Å². The van der Waals surface area contributed by atoms with Gasteiger partial charge in [0.15, 0.2) is 0 Å². The molecule has 0 aliphatic carbocycles. The molecular formula is C14H16O2. The molecule has 0 atom stereocenters. The van der Waals surface area contributed by atoms with Crippen LogP contribution < -0.4 is 4.74 Å². The second kappa shape index (κ2) is 5.91. The molecule has 0 saturated carbocycles. The molecule has 0 unspecified atom stereocenters. The first kappa shape index (κ1) is 12.2. The monoisotopic (exact) mass is 216 g/mol. The SMILES string of the molecule is C/C=C/c1ccccc1OC(=O)/C(C)=C/C. The molecule has 0 aliphatic heterocycles. The van der Waals surface area contributed by atoms with Crippen molar-refractivity contribution >= 4 is 12.0 Å². The fraction of sp³-hybridized carbons (Fsp3) is 0.214. The molecule has 2 nitrogen and oxygen atoms in total. The highest BCUT2D eigenvalue weighted by Crippen LogP contribution is 2.20. The van der Waals surface area contributed by atoms with Crippen LogP contribution in [0.25, 0.3) is 6.08 Å². The van der Waals surface area contributed by atoms with Gasteiger partial charge < -0.3 is 4.74 Å². The second-order valence-electron chi connectivity index (χ2n) is 3.40. The summed E-state index contributed by atoms with van der Waals surface area (Å²) in [4.78, 5) is 11.6. The molecule has 16 heavy (non-hydrogen) atoms. The molecule has 1 aromatic rings. The molecule has 0 fully saturated rings. The topological polar surface area (TPSA) is 26.3 Å². The summed E-state index contributed by atoms with van der Waals surface area (Å²) >= 11 is 0. The van der Waals surface area contributed by atoms with Gasteiger partial charge in [-0.1, -0.05) is 36.4 Å². The molecule has 1 rings (SSSR count). The van der Waals surface area contributed by atoms with E-state index in [0.717, 1.165) is 5.56 Å². The van der Waals surface area contributed by atoms with Gasteiger partial charge in [0.05, 0.1) is 0 Å². The van der Waals surface area contributed by atoms with Crippen LogP contribution in [0.1, 0.15) is 26.3 Å². The van der Waals surface area contributed by atoms with Crippen molar-refractivity contribution in [3.05, 3.63) is 47.6 Å². The van der Waals surface area contributed by atoms with Crippen molar-refractivity contribution < 1.29 is 9.53 Å². The van der Waals surface area contributed by atoms with Crippen LogP contribution in [0.4, 0.5) is 0 Å². The van der Waals surface area contributed by atoms with Gasteiger partial charge in [0.2, 0.25) is 0 Å². The Morgan fingerprint density at radius 2 is 1.94 bits per heavy atom. The second-order valence-corrected chi connectivity index (χ2v) is 3.40. The molecule has 0 radical (unpaired) electrons. The predicted molar refractivity (Wildman–Crippen MR) is 66.2 cm³/mol. The zero-order valence-electron chi connectivity index (χ0n) is 9.86. The Labute approximate surface area is 96.2 Å². The van der Waals surface area contributed by atoms with E-state index in [1.807, 2.05) is 44.2 Å². The fourth-order valence-corrected chi connectivity index (χ4v) is 1.19. The van der Waals surface area contributed by atoms with Crippen LogP contribution in [0.15, 0.2) is 42.0 Å². The Kier molecular flexibility index (Phi) is 4.52. The number of hydrogen-bond donors (Lipinski definition) is 0. The Bertz CT molecular complexity index is 428. The smallest absolute Gasteiger partial charge is 0.338 e. The minimum Gasteiger partial charge on any atom is -0.423 e. The first-order valence-electron chi connectivity index (χ1n) is 5.26. The lowest BCUT2D eigenvalue weighted by Crippen LogP contribution is -2.09. The minimum atomic E-state index is -0.306. The summed E-state index contributed by atoms with van der Waals surface area (Å²) < 4.78 is 5.29. The molecule has 0 spiro atoms. The Morgan fingerprint density at radius 1 is 1.25 bits per heavy atom. The van der Waals surface area contributed by atoms with Gasteiger partial charge in [-0.3, -0.25) is 0 Å². The van der Waals surface area contributed by atoms with Crippen molar-refractivity contribution in [1.29, 1.82) is 0 Å². The van der Waals surface area contributed by atoms with E-state index in [1.165, 1.54) is 0 Å². The van der Waals surface area contributed by atoms with E-state index >= 15 is 0 Å². The summed E-state index contributed by atoms with van der Waals surface area (Å²) in [5, 5.41) is 0. The molecule has 84 valence electrons. The minimum absolute atomic E-state index is 0.306. The maximum absolute atomic E-state index is 11.6. The van der Waals surface area contributed by atoms with Crippen LogP contribution in [-0.4, -0.2) is 5.97 Å². The Balaban J connectivity index is 2.93. The summed E-state index contributed by atoms with van der Waals surface area (Å²) in [7, 11) is 0. The molecule has 1 aromatic carbocycles. The van der Waals surface area contributed by atoms with Gasteiger partial charge in [-0.2, -0.15) is 0 Å².